The van der Waals surface area contributed by atoms with Crippen LogP contribution in [0.1, 0.15) is 29.6 Å². The third-order valence-electron chi connectivity index (χ3n) is 3.95. The van der Waals surface area contributed by atoms with Gasteiger partial charge in [-0.1, -0.05) is 30.3 Å². The van der Waals surface area contributed by atoms with Crippen molar-refractivity contribution in [3.8, 4) is 0 Å². The molecule has 1 saturated heterocycles. The van der Waals surface area contributed by atoms with E-state index in [1.54, 1.807) is 0 Å². The number of rotatable bonds is 4. The molecular weight excluding hydrogens is 248 g/mol. The van der Waals surface area contributed by atoms with Crippen LogP contribution < -0.4 is 10.6 Å². The Labute approximate surface area is 119 Å². The zero-order chi connectivity index (χ0) is 13.8. The molecular formula is C17H20N2O. The summed E-state index contributed by atoms with van der Waals surface area (Å²) in [6.07, 6.45) is 3.49. The third kappa shape index (κ3) is 2.99. The Bertz CT molecular complexity index is 603. The molecule has 3 rings (SSSR count). The molecule has 1 aliphatic rings. The van der Waals surface area contributed by atoms with Gasteiger partial charge < -0.3 is 10.6 Å². The molecule has 2 N–H and O–H groups in total. The number of carbonyl (C=O) groups is 1. The van der Waals surface area contributed by atoms with Gasteiger partial charge in [-0.25, -0.2) is 0 Å². The second-order valence-corrected chi connectivity index (χ2v) is 5.40. The van der Waals surface area contributed by atoms with Gasteiger partial charge in [-0.05, 0) is 48.7 Å². The Morgan fingerprint density at radius 3 is 2.85 bits per heavy atom. The number of fused-ring (bicyclic) bond motifs is 1. The monoisotopic (exact) mass is 268 g/mol. The van der Waals surface area contributed by atoms with E-state index in [4.69, 9.17) is 0 Å². The first-order chi connectivity index (χ1) is 9.83. The summed E-state index contributed by atoms with van der Waals surface area (Å²) in [7, 11) is 0. The molecule has 0 spiro atoms. The van der Waals surface area contributed by atoms with Crippen molar-refractivity contribution in [2.45, 2.75) is 25.3 Å². The van der Waals surface area contributed by atoms with Gasteiger partial charge in [-0.15, -0.1) is 0 Å². The van der Waals surface area contributed by atoms with E-state index in [1.807, 2.05) is 36.4 Å². The second kappa shape index (κ2) is 6.06. The maximum absolute atomic E-state index is 12.1. The molecule has 1 amide bonds. The second-order valence-electron chi connectivity index (χ2n) is 5.40. The molecule has 3 heteroatoms. The van der Waals surface area contributed by atoms with E-state index in [0.717, 1.165) is 30.5 Å². The van der Waals surface area contributed by atoms with E-state index in [9.17, 15) is 4.79 Å². The lowest BCUT2D eigenvalue weighted by Crippen LogP contribution is -2.30. The normalized spacial score (nSPS) is 18.3. The highest BCUT2D eigenvalue weighted by atomic mass is 16.1. The van der Waals surface area contributed by atoms with E-state index < -0.39 is 0 Å². The highest BCUT2D eigenvalue weighted by Crippen LogP contribution is 2.15. The maximum atomic E-state index is 12.1. The fourth-order valence-electron chi connectivity index (χ4n) is 2.80. The minimum absolute atomic E-state index is 0.0220. The van der Waals surface area contributed by atoms with Gasteiger partial charge in [0.05, 0.1) is 0 Å². The molecule has 0 bridgehead atoms. The van der Waals surface area contributed by atoms with Crippen molar-refractivity contribution in [2.75, 3.05) is 13.1 Å². The summed E-state index contributed by atoms with van der Waals surface area (Å²) < 4.78 is 0. The van der Waals surface area contributed by atoms with E-state index in [1.165, 1.54) is 18.2 Å². The van der Waals surface area contributed by atoms with Crippen LogP contribution >= 0.6 is 0 Å². The molecule has 1 fully saturated rings. The molecule has 1 heterocycles. The molecule has 0 aliphatic carbocycles. The minimum Gasteiger partial charge on any atom is -0.352 e. The van der Waals surface area contributed by atoms with E-state index >= 15 is 0 Å². The van der Waals surface area contributed by atoms with Crippen molar-refractivity contribution >= 4 is 16.7 Å². The average molecular weight is 268 g/mol. The first kappa shape index (κ1) is 13.1. The highest BCUT2D eigenvalue weighted by molar-refractivity contribution is 5.98. The third-order valence-corrected chi connectivity index (χ3v) is 3.95. The molecule has 1 aliphatic heterocycles. The van der Waals surface area contributed by atoms with Crippen LogP contribution in [0.25, 0.3) is 10.8 Å². The zero-order valence-corrected chi connectivity index (χ0v) is 11.6. The SMILES string of the molecule is O=C(NCCC1CCCN1)c1ccc2ccccc2c1. The van der Waals surface area contributed by atoms with Crippen LogP contribution in [-0.2, 0) is 0 Å². The molecule has 0 saturated carbocycles. The Morgan fingerprint density at radius 2 is 2.05 bits per heavy atom. The number of hydrogen-bond acceptors (Lipinski definition) is 2. The Balaban J connectivity index is 1.60. The van der Waals surface area contributed by atoms with Gasteiger partial charge in [0.1, 0.15) is 0 Å². The van der Waals surface area contributed by atoms with Crippen LogP contribution in [0.15, 0.2) is 42.5 Å². The molecule has 1 unspecified atom stereocenters. The van der Waals surface area contributed by atoms with E-state index in [-0.39, 0.29) is 5.91 Å². The van der Waals surface area contributed by atoms with Gasteiger partial charge in [-0.2, -0.15) is 0 Å². The molecule has 20 heavy (non-hydrogen) atoms. The van der Waals surface area contributed by atoms with Crippen LogP contribution in [0.5, 0.6) is 0 Å². The summed E-state index contributed by atoms with van der Waals surface area (Å²) >= 11 is 0. The predicted molar refractivity (Wildman–Crippen MR) is 81.9 cm³/mol. The number of carbonyl (C=O) groups excluding carboxylic acids is 1. The molecule has 3 nitrogen and oxygen atoms in total. The lowest BCUT2D eigenvalue weighted by molar-refractivity contribution is 0.0952. The van der Waals surface area contributed by atoms with Gasteiger partial charge in [0, 0.05) is 18.2 Å². The van der Waals surface area contributed by atoms with Crippen LogP contribution in [0, 0.1) is 0 Å². The summed E-state index contributed by atoms with van der Waals surface area (Å²) in [5.74, 6) is 0.0220. The fraction of sp³-hybridized carbons (Fsp3) is 0.353. The van der Waals surface area contributed by atoms with Crippen LogP contribution in [0.4, 0.5) is 0 Å². The first-order valence-electron chi connectivity index (χ1n) is 7.33. The smallest absolute Gasteiger partial charge is 0.251 e. The van der Waals surface area contributed by atoms with Crippen molar-refractivity contribution in [1.82, 2.24) is 10.6 Å². The van der Waals surface area contributed by atoms with Gasteiger partial charge in [-0.3, -0.25) is 4.79 Å². The lowest BCUT2D eigenvalue weighted by Gasteiger charge is -2.11. The zero-order valence-electron chi connectivity index (χ0n) is 11.6. The molecule has 104 valence electrons. The summed E-state index contributed by atoms with van der Waals surface area (Å²) in [5.41, 5.74) is 0.739. The molecule has 2 aromatic carbocycles. The van der Waals surface area contributed by atoms with E-state index in [2.05, 4.69) is 16.7 Å². The summed E-state index contributed by atoms with van der Waals surface area (Å²) in [5, 5.41) is 8.73. The van der Waals surface area contributed by atoms with Crippen molar-refractivity contribution in [1.29, 1.82) is 0 Å². The van der Waals surface area contributed by atoms with Crippen LogP contribution in [0.3, 0.4) is 0 Å². The van der Waals surface area contributed by atoms with Gasteiger partial charge in [0.15, 0.2) is 0 Å². The Morgan fingerprint density at radius 1 is 1.20 bits per heavy atom. The van der Waals surface area contributed by atoms with Gasteiger partial charge in [0.2, 0.25) is 0 Å². The summed E-state index contributed by atoms with van der Waals surface area (Å²) in [6, 6.07) is 14.5. The molecule has 2 aromatic rings. The maximum Gasteiger partial charge on any atom is 0.251 e. The van der Waals surface area contributed by atoms with Gasteiger partial charge in [0.25, 0.3) is 5.91 Å². The lowest BCUT2D eigenvalue weighted by atomic mass is 10.1. The van der Waals surface area contributed by atoms with Crippen molar-refractivity contribution in [2.24, 2.45) is 0 Å². The first-order valence-corrected chi connectivity index (χ1v) is 7.33. The predicted octanol–water partition coefficient (Wildman–Crippen LogP) is 2.71. The number of hydrogen-bond donors (Lipinski definition) is 2. The highest BCUT2D eigenvalue weighted by Gasteiger charge is 2.14. The van der Waals surface area contributed by atoms with Crippen LogP contribution in [0.2, 0.25) is 0 Å². The average Bonchev–Trinajstić information content (AvgIpc) is 3.00. The van der Waals surface area contributed by atoms with Gasteiger partial charge >= 0.3 is 0 Å². The largest absolute Gasteiger partial charge is 0.352 e. The number of amides is 1. The Kier molecular flexibility index (Phi) is 3.97. The molecule has 0 radical (unpaired) electrons. The minimum atomic E-state index is 0.0220. The molecule has 0 aromatic heterocycles. The summed E-state index contributed by atoms with van der Waals surface area (Å²) in [6.45, 7) is 1.85. The summed E-state index contributed by atoms with van der Waals surface area (Å²) in [4.78, 5) is 12.1. The van der Waals surface area contributed by atoms with Crippen molar-refractivity contribution in [3.63, 3.8) is 0 Å². The standard InChI is InChI=1S/C17H20N2O/c20-17(19-11-9-16-6-3-10-18-16)15-8-7-13-4-1-2-5-14(13)12-15/h1-2,4-5,7-8,12,16,18H,3,6,9-11H2,(H,19,20). The quantitative estimate of drug-likeness (QED) is 0.895. The fourth-order valence-corrected chi connectivity index (χ4v) is 2.80. The van der Waals surface area contributed by atoms with E-state index in [0.29, 0.717) is 6.04 Å². The number of benzene rings is 2. The topological polar surface area (TPSA) is 41.1 Å². The van der Waals surface area contributed by atoms with Crippen molar-refractivity contribution in [3.05, 3.63) is 48.0 Å². The van der Waals surface area contributed by atoms with Crippen molar-refractivity contribution < 1.29 is 4.79 Å². The Hall–Kier alpha value is -1.87. The number of nitrogens with one attached hydrogen (secondary N) is 2. The molecule has 1 atom stereocenters. The van der Waals surface area contributed by atoms with Crippen LogP contribution in [-0.4, -0.2) is 25.0 Å².